The van der Waals surface area contributed by atoms with Gasteiger partial charge in [0.05, 0.1) is 18.0 Å². The molecule has 0 atom stereocenters. The van der Waals surface area contributed by atoms with Crippen LogP contribution in [0.1, 0.15) is 12.8 Å². The molecule has 0 saturated heterocycles. The van der Waals surface area contributed by atoms with Crippen LogP contribution in [0.5, 0.6) is 0 Å². The Labute approximate surface area is 110 Å². The molecule has 0 heterocycles. The highest BCUT2D eigenvalue weighted by Gasteiger charge is 2.05. The van der Waals surface area contributed by atoms with Crippen LogP contribution < -0.4 is 11.1 Å². The second-order valence-corrected chi connectivity index (χ2v) is 4.94. The van der Waals surface area contributed by atoms with E-state index in [1.165, 1.54) is 18.2 Å². The largest absolute Gasteiger partial charge is 0.397 e. The quantitative estimate of drug-likeness (QED) is 0.523. The number of amides is 1. The summed E-state index contributed by atoms with van der Waals surface area (Å²) in [5, 5.41) is 11.2. The first-order chi connectivity index (χ1) is 8.63. The number of aliphatic hydroxyl groups is 1. The predicted octanol–water partition coefficient (Wildman–Crippen LogP) is 1.85. The predicted molar refractivity (Wildman–Crippen MR) is 73.1 cm³/mol. The number of rotatable bonds is 7. The van der Waals surface area contributed by atoms with Crippen LogP contribution in [0.15, 0.2) is 18.2 Å². The number of halogens is 1. The zero-order valence-corrected chi connectivity index (χ0v) is 10.8. The Morgan fingerprint density at radius 1 is 1.44 bits per heavy atom. The van der Waals surface area contributed by atoms with Gasteiger partial charge < -0.3 is 16.2 Å². The molecule has 0 unspecified atom stereocenters. The zero-order chi connectivity index (χ0) is 13.4. The zero-order valence-electron chi connectivity index (χ0n) is 9.99. The van der Waals surface area contributed by atoms with E-state index in [1.54, 1.807) is 11.8 Å². The van der Waals surface area contributed by atoms with E-state index in [4.69, 9.17) is 10.8 Å². The Morgan fingerprint density at radius 3 is 2.89 bits per heavy atom. The van der Waals surface area contributed by atoms with Crippen molar-refractivity contribution < 1.29 is 14.3 Å². The molecule has 0 aliphatic rings. The number of benzene rings is 1. The molecule has 1 aromatic carbocycles. The highest BCUT2D eigenvalue weighted by atomic mass is 32.2. The number of nitrogens with one attached hydrogen (secondary N) is 1. The minimum atomic E-state index is -0.425. The number of anilines is 2. The summed E-state index contributed by atoms with van der Waals surface area (Å²) in [5.41, 5.74) is 6.23. The van der Waals surface area contributed by atoms with Crippen molar-refractivity contribution in [2.45, 2.75) is 12.8 Å². The van der Waals surface area contributed by atoms with Gasteiger partial charge >= 0.3 is 0 Å². The van der Waals surface area contributed by atoms with Gasteiger partial charge in [-0.25, -0.2) is 4.39 Å². The summed E-state index contributed by atoms with van der Waals surface area (Å²) in [6.07, 6.45) is 1.12. The van der Waals surface area contributed by atoms with Crippen LogP contribution in [0.2, 0.25) is 0 Å². The van der Waals surface area contributed by atoms with Crippen molar-refractivity contribution >= 4 is 29.0 Å². The fourth-order valence-corrected chi connectivity index (χ4v) is 2.04. The van der Waals surface area contributed by atoms with E-state index < -0.39 is 5.82 Å². The standard InChI is InChI=1S/C12H17FN2O2S/c13-9-3-4-11(10(14)8-9)15-12(17)2-1-6-18-7-5-16/h3-4,8,16H,1-2,5-7,14H2,(H,15,17). The molecule has 4 nitrogen and oxygen atoms in total. The highest BCUT2D eigenvalue weighted by molar-refractivity contribution is 7.99. The van der Waals surface area contributed by atoms with Gasteiger partial charge in [0, 0.05) is 12.2 Å². The highest BCUT2D eigenvalue weighted by Crippen LogP contribution is 2.19. The van der Waals surface area contributed by atoms with Crippen molar-refractivity contribution in [3.63, 3.8) is 0 Å². The Hall–Kier alpha value is -1.27. The number of thioether (sulfide) groups is 1. The van der Waals surface area contributed by atoms with Crippen LogP contribution in [0.3, 0.4) is 0 Å². The van der Waals surface area contributed by atoms with Crippen LogP contribution in [0, 0.1) is 5.82 Å². The molecule has 100 valence electrons. The van der Waals surface area contributed by atoms with Crippen molar-refractivity contribution in [2.75, 3.05) is 29.2 Å². The van der Waals surface area contributed by atoms with Gasteiger partial charge in [-0.1, -0.05) is 0 Å². The first-order valence-electron chi connectivity index (χ1n) is 5.67. The van der Waals surface area contributed by atoms with Crippen molar-refractivity contribution in [3.8, 4) is 0 Å². The van der Waals surface area contributed by atoms with E-state index in [1.807, 2.05) is 0 Å². The molecule has 0 aliphatic carbocycles. The minimum absolute atomic E-state index is 0.141. The maximum Gasteiger partial charge on any atom is 0.224 e. The molecule has 0 spiro atoms. The average Bonchev–Trinajstić information content (AvgIpc) is 2.32. The molecule has 18 heavy (non-hydrogen) atoms. The van der Waals surface area contributed by atoms with Crippen LogP contribution in [-0.2, 0) is 4.79 Å². The number of nitrogens with two attached hydrogens (primary N) is 1. The fourth-order valence-electron chi connectivity index (χ4n) is 1.36. The third-order valence-electron chi connectivity index (χ3n) is 2.22. The molecule has 0 fully saturated rings. The molecule has 0 radical (unpaired) electrons. The van der Waals surface area contributed by atoms with Gasteiger partial charge in [-0.05, 0) is 30.4 Å². The average molecular weight is 272 g/mol. The lowest BCUT2D eigenvalue weighted by atomic mass is 10.2. The summed E-state index contributed by atoms with van der Waals surface area (Å²) in [7, 11) is 0. The number of carbonyl (C=O) groups is 1. The van der Waals surface area contributed by atoms with E-state index in [9.17, 15) is 9.18 Å². The second-order valence-electron chi connectivity index (χ2n) is 3.72. The van der Waals surface area contributed by atoms with Gasteiger partial charge in [0.1, 0.15) is 5.82 Å². The molecule has 4 N–H and O–H groups in total. The second kappa shape index (κ2) is 7.94. The van der Waals surface area contributed by atoms with Crippen LogP contribution in [0.25, 0.3) is 0 Å². The van der Waals surface area contributed by atoms with Crippen molar-refractivity contribution in [1.29, 1.82) is 0 Å². The molecule has 6 heteroatoms. The molecule has 1 aromatic rings. The van der Waals surface area contributed by atoms with E-state index in [0.717, 1.165) is 12.2 Å². The van der Waals surface area contributed by atoms with Gasteiger partial charge in [-0.2, -0.15) is 11.8 Å². The molecule has 0 bridgehead atoms. The minimum Gasteiger partial charge on any atom is -0.397 e. The Morgan fingerprint density at radius 2 is 2.22 bits per heavy atom. The van der Waals surface area contributed by atoms with Gasteiger partial charge in [0.25, 0.3) is 0 Å². The molecule has 0 aromatic heterocycles. The monoisotopic (exact) mass is 272 g/mol. The van der Waals surface area contributed by atoms with Gasteiger partial charge in [0.2, 0.25) is 5.91 Å². The van der Waals surface area contributed by atoms with Gasteiger partial charge in [-0.3, -0.25) is 4.79 Å². The molecular weight excluding hydrogens is 255 g/mol. The summed E-state index contributed by atoms with van der Waals surface area (Å²) in [6, 6.07) is 3.87. The topological polar surface area (TPSA) is 75.3 Å². The van der Waals surface area contributed by atoms with Crippen molar-refractivity contribution in [2.24, 2.45) is 0 Å². The molecular formula is C12H17FN2O2S. The smallest absolute Gasteiger partial charge is 0.224 e. The first kappa shape index (κ1) is 14.8. The van der Waals surface area contributed by atoms with E-state index in [-0.39, 0.29) is 18.2 Å². The maximum absolute atomic E-state index is 12.8. The molecule has 0 aliphatic heterocycles. The van der Waals surface area contributed by atoms with E-state index in [0.29, 0.717) is 17.9 Å². The summed E-state index contributed by atoms with van der Waals surface area (Å²) in [5.74, 6) is 0.947. The fraction of sp³-hybridized carbons (Fsp3) is 0.417. The SMILES string of the molecule is Nc1cc(F)ccc1NC(=O)CCCSCCO. The Bertz CT molecular complexity index is 402. The van der Waals surface area contributed by atoms with Crippen LogP contribution in [-0.4, -0.2) is 29.1 Å². The summed E-state index contributed by atoms with van der Waals surface area (Å²) < 4.78 is 12.8. The Balaban J connectivity index is 2.31. The number of carbonyl (C=O) groups excluding carboxylic acids is 1. The lowest BCUT2D eigenvalue weighted by molar-refractivity contribution is -0.116. The van der Waals surface area contributed by atoms with Crippen LogP contribution >= 0.6 is 11.8 Å². The number of hydrogen-bond donors (Lipinski definition) is 3. The normalized spacial score (nSPS) is 10.3. The van der Waals surface area contributed by atoms with Crippen LogP contribution in [0.4, 0.5) is 15.8 Å². The van der Waals surface area contributed by atoms with E-state index in [2.05, 4.69) is 5.32 Å². The van der Waals surface area contributed by atoms with Gasteiger partial charge in [-0.15, -0.1) is 0 Å². The lowest BCUT2D eigenvalue weighted by Gasteiger charge is -2.08. The van der Waals surface area contributed by atoms with Crippen molar-refractivity contribution in [1.82, 2.24) is 0 Å². The maximum atomic E-state index is 12.8. The third-order valence-corrected chi connectivity index (χ3v) is 3.26. The summed E-state index contributed by atoms with van der Waals surface area (Å²) in [4.78, 5) is 11.6. The first-order valence-corrected chi connectivity index (χ1v) is 6.82. The molecule has 1 amide bonds. The summed E-state index contributed by atoms with van der Waals surface area (Å²) >= 11 is 1.60. The number of aliphatic hydroxyl groups excluding tert-OH is 1. The van der Waals surface area contributed by atoms with Crippen molar-refractivity contribution in [3.05, 3.63) is 24.0 Å². The van der Waals surface area contributed by atoms with E-state index >= 15 is 0 Å². The Kier molecular flexibility index (Phi) is 6.53. The number of hydrogen-bond acceptors (Lipinski definition) is 4. The molecule has 0 saturated carbocycles. The summed E-state index contributed by atoms with van der Waals surface area (Å²) in [6.45, 7) is 0.156. The third kappa shape index (κ3) is 5.37. The lowest BCUT2D eigenvalue weighted by Crippen LogP contribution is -2.13. The number of nitrogen functional groups attached to an aromatic ring is 1. The van der Waals surface area contributed by atoms with Gasteiger partial charge in [0.15, 0.2) is 0 Å². The molecule has 1 rings (SSSR count).